The van der Waals surface area contributed by atoms with Crippen LogP contribution in [0.4, 0.5) is 15.4 Å². The summed E-state index contributed by atoms with van der Waals surface area (Å²) in [4.78, 5) is 67.9. The number of rotatable bonds is 10. The molecule has 0 saturated carbocycles. The Morgan fingerprint density at radius 3 is 1.00 bits per heavy atom. The van der Waals surface area contributed by atoms with E-state index in [0.717, 1.165) is 183 Å². The summed E-state index contributed by atoms with van der Waals surface area (Å²) in [6, 6.07) is 0. The molecule has 108 heavy (non-hydrogen) atoms. The highest BCUT2D eigenvalue weighted by atomic mass is 79.9. The second kappa shape index (κ2) is 53.5. The first-order valence-corrected chi connectivity index (χ1v) is 43.4. The molecule has 12 aliphatic rings. The average Bonchev–Trinajstić information content (AvgIpc) is 1.66. The molecule has 14 N–H and O–H groups in total. The number of carbonyl (C=O) groups is 3. The highest BCUT2D eigenvalue weighted by Crippen LogP contribution is 2.28. The van der Waals surface area contributed by atoms with Crippen molar-refractivity contribution < 1.29 is 19.5 Å². The lowest BCUT2D eigenvalue weighted by Gasteiger charge is -2.37. The first-order chi connectivity index (χ1) is 52.0. The molecule has 31 nitrogen and oxygen atoms in total. The number of nitrogens with zero attached hydrogens (tertiary/aromatic N) is 18. The highest BCUT2D eigenvalue weighted by Gasteiger charge is 2.31. The van der Waals surface area contributed by atoms with E-state index in [1.165, 1.54) is 199 Å². The Morgan fingerprint density at radius 1 is 0.407 bits per heavy atom. The third kappa shape index (κ3) is 39.0. The van der Waals surface area contributed by atoms with Crippen LogP contribution in [0.5, 0.6) is 0 Å². The van der Waals surface area contributed by atoms with Crippen molar-refractivity contribution in [3.8, 4) is 0 Å². The lowest BCUT2D eigenvalue weighted by molar-refractivity contribution is -0.143. The van der Waals surface area contributed by atoms with Gasteiger partial charge in [-0.3, -0.25) is 14.4 Å². The summed E-state index contributed by atoms with van der Waals surface area (Å²) in [5, 5.41) is 39.3. The molecular weight excluding hydrogens is 1500 g/mol. The number of amides is 2. The fraction of sp³-hybridized carbons (Fsp3) is 0.890. The summed E-state index contributed by atoms with van der Waals surface area (Å²) in [5.41, 5.74) is 17.7. The number of aromatic nitrogens is 4. The van der Waals surface area contributed by atoms with E-state index in [-0.39, 0.29) is 16.9 Å². The molecular formula is C73H146BrN27O4S3. The van der Waals surface area contributed by atoms with E-state index >= 15 is 0 Å². The van der Waals surface area contributed by atoms with Crippen molar-refractivity contribution in [2.75, 3.05) is 328 Å². The normalized spacial score (nSPS) is 23.7. The van der Waals surface area contributed by atoms with Crippen molar-refractivity contribution in [2.45, 2.75) is 77.0 Å². The summed E-state index contributed by atoms with van der Waals surface area (Å²) in [7, 11) is 17.2. The molecule has 0 spiro atoms. The van der Waals surface area contributed by atoms with Gasteiger partial charge in [-0.05, 0) is 245 Å². The van der Waals surface area contributed by atoms with Gasteiger partial charge in [-0.15, -0.1) is 20.4 Å². The maximum absolute atomic E-state index is 12.3. The third-order valence-electron chi connectivity index (χ3n) is 22.9. The first kappa shape index (κ1) is 93.3. The maximum Gasteiger partial charge on any atom is 0.306 e. The second-order valence-corrected chi connectivity index (χ2v) is 35.5. The van der Waals surface area contributed by atoms with Gasteiger partial charge in [-0.25, -0.2) is 5.84 Å². The third-order valence-corrected chi connectivity index (χ3v) is 25.0. The summed E-state index contributed by atoms with van der Waals surface area (Å²) >= 11 is 10.1. The van der Waals surface area contributed by atoms with Gasteiger partial charge in [0.15, 0.2) is 9.03 Å². The van der Waals surface area contributed by atoms with Crippen LogP contribution in [0.1, 0.15) is 77.0 Å². The minimum Gasteiger partial charge on any atom is -0.481 e. The smallest absolute Gasteiger partial charge is 0.306 e. The quantitative estimate of drug-likeness (QED) is 0.0876. The van der Waals surface area contributed by atoms with Gasteiger partial charge >= 0.3 is 5.97 Å². The van der Waals surface area contributed by atoms with Gasteiger partial charge in [0.2, 0.25) is 27.2 Å². The van der Waals surface area contributed by atoms with Crippen molar-refractivity contribution in [3.63, 3.8) is 0 Å². The number of piperidine rings is 6. The molecule has 12 aliphatic heterocycles. The van der Waals surface area contributed by atoms with Crippen LogP contribution in [0.15, 0.2) is 3.92 Å². The molecule has 622 valence electrons. The van der Waals surface area contributed by atoms with Gasteiger partial charge in [0, 0.05) is 202 Å². The number of likely N-dealkylation sites (tertiary alicyclic amines) is 2. The summed E-state index contributed by atoms with van der Waals surface area (Å²) < 4.78 is 0.727. The Labute approximate surface area is 671 Å². The Balaban J connectivity index is 0.000000195. The number of hydrogen-bond donors (Lipinski definition) is 10. The number of nitrogens with one attached hydrogen (secondary N) is 5. The molecule has 0 bridgehead atoms. The fourth-order valence-electron chi connectivity index (χ4n) is 15.1. The molecule has 0 unspecified atom stereocenters. The highest BCUT2D eigenvalue weighted by molar-refractivity contribution is 9.11. The standard InChI is InChI=1S/C13H24N6S.C12H23N3O.C11H21N3O.2C11H23N3.C7H13NO2.C5H12N2.C2H2BrN3S.CH5N3S/c1-17-6-8-18(9-7-17)10-11-2-4-19(5-3-11)13-16-15-12(14)20-13;1-13-5-3-11(4-6-13)12(16)15-9-7-14(2)8-10-15;1-13-6-8-14(9-7-13)11(15)10-2-4-12-5-3-10;2*1-13-6-8-14(9-7-13)10-11-2-4-12-5-3-11;1-8-4-2-6(3-5-8)7(9)10;1-7-4-2-6-3-5-7;3-1-5-6-2(4)7-1;2-1(5)4-3/h11H,2-10H2,1H3,(H2,14,15);11H,3-10H2,1-2H3;10,12H,2-9H2,1H3;2*11-12H,2-10H2,1H3;6H,2-5H2,1H3,(H,9,10);6H,2-5H2,1H3;(H2,4,6);3H2,(H3,2,4,5). The molecule has 14 heterocycles. The largest absolute Gasteiger partial charge is 0.481 e. The number of thiocarbonyl (C=S) groups is 1. The summed E-state index contributed by atoms with van der Waals surface area (Å²) in [6.07, 6.45) is 13.8. The van der Waals surface area contributed by atoms with Gasteiger partial charge < -0.3 is 118 Å². The zero-order valence-corrected chi connectivity index (χ0v) is 71.7. The van der Waals surface area contributed by atoms with E-state index in [0.29, 0.717) is 28.0 Å². The summed E-state index contributed by atoms with van der Waals surface area (Å²) in [5.74, 6) is 8.06. The van der Waals surface area contributed by atoms with E-state index in [9.17, 15) is 14.4 Å². The van der Waals surface area contributed by atoms with Crippen LogP contribution in [-0.2, 0) is 14.4 Å². The number of hydrazine groups is 1. The number of nitrogen functional groups attached to an aromatic ring is 2. The predicted molar refractivity (Wildman–Crippen MR) is 451 cm³/mol. The Bertz CT molecular complexity index is 2590. The average molecular weight is 1640 g/mol. The molecule has 12 fully saturated rings. The fourth-order valence-corrected chi connectivity index (χ4v) is 16.7. The van der Waals surface area contributed by atoms with Gasteiger partial charge in [0.1, 0.15) is 0 Å². The topological polar surface area (TPSA) is 333 Å². The van der Waals surface area contributed by atoms with Crippen LogP contribution in [-0.4, -0.2) is 424 Å². The van der Waals surface area contributed by atoms with Crippen molar-refractivity contribution in [3.05, 3.63) is 3.92 Å². The lowest BCUT2D eigenvalue weighted by Crippen LogP contribution is -2.50. The lowest BCUT2D eigenvalue weighted by atomic mass is 9.95. The van der Waals surface area contributed by atoms with E-state index in [4.69, 9.17) is 22.3 Å². The minimum absolute atomic E-state index is 0.0869. The van der Waals surface area contributed by atoms with Crippen LogP contribution >= 0.6 is 50.8 Å². The molecule has 0 atom stereocenters. The van der Waals surface area contributed by atoms with Crippen LogP contribution in [0.2, 0.25) is 0 Å². The number of halogens is 1. The number of anilines is 3. The number of piperazine rings is 6. The Hall–Kier alpha value is -3.54. The number of hydrogen-bond acceptors (Lipinski definition) is 29. The molecule has 12 saturated heterocycles. The number of likely N-dealkylation sites (N-methyl/N-ethyl adjacent to an activating group) is 6. The van der Waals surface area contributed by atoms with Gasteiger partial charge in [0.05, 0.1) is 5.92 Å². The van der Waals surface area contributed by atoms with Crippen molar-refractivity contribution in [2.24, 2.45) is 47.1 Å². The van der Waals surface area contributed by atoms with Crippen LogP contribution in [0.25, 0.3) is 0 Å². The zero-order valence-electron chi connectivity index (χ0n) is 67.7. The number of carbonyl (C=O) groups excluding carboxylic acids is 2. The van der Waals surface area contributed by atoms with Gasteiger partial charge in [0.25, 0.3) is 0 Å². The van der Waals surface area contributed by atoms with Gasteiger partial charge in [-0.1, -0.05) is 22.7 Å². The minimum atomic E-state index is -0.631. The van der Waals surface area contributed by atoms with Gasteiger partial charge in [-0.2, -0.15) is 0 Å². The number of carboxylic acid groups (broad SMARTS) is 1. The van der Waals surface area contributed by atoms with E-state index in [1.54, 1.807) is 0 Å². The Morgan fingerprint density at radius 2 is 0.704 bits per heavy atom. The van der Waals surface area contributed by atoms with E-state index < -0.39 is 5.97 Å². The molecule has 2 amide bonds. The zero-order chi connectivity index (χ0) is 78.0. The van der Waals surface area contributed by atoms with E-state index in [1.807, 2.05) is 12.5 Å². The monoisotopic (exact) mass is 1640 g/mol. The van der Waals surface area contributed by atoms with Crippen LogP contribution in [0, 0.1) is 35.5 Å². The van der Waals surface area contributed by atoms with Crippen LogP contribution in [0.3, 0.4) is 0 Å². The molecule has 2 aromatic rings. The number of nitrogens with two attached hydrogens (primary N) is 4. The molecule has 0 radical (unpaired) electrons. The first-order valence-electron chi connectivity index (χ1n) is 40.6. The summed E-state index contributed by atoms with van der Waals surface area (Å²) in [6.45, 7) is 44.6. The maximum atomic E-state index is 12.3. The Kier molecular flexibility index (Phi) is 46.2. The van der Waals surface area contributed by atoms with Crippen LogP contribution < -0.4 is 54.6 Å². The van der Waals surface area contributed by atoms with Crippen molar-refractivity contribution >= 4 is 89.1 Å². The van der Waals surface area contributed by atoms with E-state index in [2.05, 4.69) is 194 Å². The molecule has 0 aliphatic carbocycles. The molecule has 0 aromatic carbocycles. The number of carboxylic acids is 1. The second-order valence-electron chi connectivity index (χ2n) is 31.8. The SMILES string of the molecule is CN1CCC(C(=O)N2CCN(C)CC2)CC1.CN1CCC(C(=O)O)CC1.CN1CCN(C(=O)C2CCNCC2)CC1.CN1CCN(CC2CCN(c3nnc(N)s3)CC2)CC1.CN1CCN(CC2CCNCC2)CC1.CN1CCN(CC2CCNCC2)CC1.CN1CCNCC1.NNC(N)=S.Nc1nnc(Br)s1. The molecule has 14 rings (SSSR count). The predicted octanol–water partition coefficient (Wildman–Crippen LogP) is 0.423. The molecule has 2 aromatic heterocycles. The van der Waals surface area contributed by atoms with Crippen molar-refractivity contribution in [1.29, 1.82) is 0 Å². The molecule has 35 heteroatoms. The van der Waals surface area contributed by atoms with Crippen molar-refractivity contribution in [1.82, 2.24) is 111 Å². The number of aliphatic carboxylic acids is 1.